The fourth-order valence-electron chi connectivity index (χ4n) is 0.176. The highest BCUT2D eigenvalue weighted by Crippen LogP contribution is 1.72. The van der Waals surface area contributed by atoms with Crippen molar-refractivity contribution in [2.45, 2.75) is 0 Å². The van der Waals surface area contributed by atoms with Crippen molar-refractivity contribution in [2.75, 3.05) is 0 Å². The van der Waals surface area contributed by atoms with Gasteiger partial charge in [0.1, 0.15) is 6.26 Å². The van der Waals surface area contributed by atoms with Crippen LogP contribution < -0.4 is 5.73 Å². The lowest BCUT2D eigenvalue weighted by molar-refractivity contribution is 0.266. The molecule has 0 atom stereocenters. The number of hydrogen-bond donors (Lipinski definition) is 1. The first kappa shape index (κ1) is 7.97. The molecule has 0 aliphatic carbocycles. The molecule has 0 aliphatic heterocycles. The maximum absolute atomic E-state index is 8.99. The van der Waals surface area contributed by atoms with Gasteiger partial charge in [0.05, 0.1) is 6.20 Å². The lowest BCUT2D eigenvalue weighted by atomic mass is 10.8. The predicted octanol–water partition coefficient (Wildman–Crippen LogP) is 0.979. The highest BCUT2D eigenvalue weighted by Gasteiger charge is 1.66. The van der Waals surface area contributed by atoms with Gasteiger partial charge in [-0.1, -0.05) is 5.16 Å². The van der Waals surface area contributed by atoms with E-state index in [1.54, 1.807) is 12.3 Å². The Balaban J connectivity index is 0.000000148. The molecule has 0 radical (unpaired) electrons. The summed E-state index contributed by atoms with van der Waals surface area (Å²) < 4.78 is 4.33. The van der Waals surface area contributed by atoms with Gasteiger partial charge in [-0.15, -0.1) is 0 Å². The molecule has 0 bridgehead atoms. The number of amides is 1. The Morgan fingerprint density at radius 2 is 2.33 bits per heavy atom. The van der Waals surface area contributed by atoms with Crippen molar-refractivity contribution < 1.29 is 9.32 Å². The van der Waals surface area contributed by atoms with Crippen molar-refractivity contribution in [3.63, 3.8) is 0 Å². The van der Waals surface area contributed by atoms with Crippen molar-refractivity contribution in [3.05, 3.63) is 18.5 Å². The van der Waals surface area contributed by atoms with Crippen LogP contribution in [0.4, 0.5) is 4.79 Å². The molecule has 0 unspecified atom stereocenters. The van der Waals surface area contributed by atoms with Gasteiger partial charge >= 0.3 is 5.37 Å². The van der Waals surface area contributed by atoms with Crippen LogP contribution in [-0.4, -0.2) is 10.5 Å². The number of halogens is 1. The van der Waals surface area contributed by atoms with Gasteiger partial charge in [0.25, 0.3) is 0 Å². The van der Waals surface area contributed by atoms with Gasteiger partial charge in [0.15, 0.2) is 0 Å². The molecule has 4 nitrogen and oxygen atoms in total. The Labute approximate surface area is 56.6 Å². The van der Waals surface area contributed by atoms with E-state index in [2.05, 4.69) is 27.0 Å². The largest absolute Gasteiger partial charge is 0.365 e. The predicted molar refractivity (Wildman–Crippen MR) is 31.9 cm³/mol. The maximum Gasteiger partial charge on any atom is 0.311 e. The number of nitrogens with zero attached hydrogens (tertiary/aromatic N) is 1. The second kappa shape index (κ2) is 5.11. The van der Waals surface area contributed by atoms with E-state index in [1.165, 1.54) is 6.26 Å². The Morgan fingerprint density at radius 1 is 1.78 bits per heavy atom. The molecule has 5 heteroatoms. The first-order valence-electron chi connectivity index (χ1n) is 2.02. The molecule has 1 heterocycles. The summed E-state index contributed by atoms with van der Waals surface area (Å²) in [6.07, 6.45) is 3.10. The summed E-state index contributed by atoms with van der Waals surface area (Å²) in [5.74, 6) is 0. The second-order valence-corrected chi connectivity index (χ2v) is 1.37. The van der Waals surface area contributed by atoms with Crippen molar-refractivity contribution in [1.82, 2.24) is 5.16 Å². The molecule has 2 N–H and O–H groups in total. The van der Waals surface area contributed by atoms with E-state index in [0.29, 0.717) is 0 Å². The van der Waals surface area contributed by atoms with Gasteiger partial charge in [-0.2, -0.15) is 0 Å². The van der Waals surface area contributed by atoms with Crippen LogP contribution in [0.3, 0.4) is 0 Å². The first-order valence-corrected chi connectivity index (χ1v) is 2.40. The molecule has 0 aromatic carbocycles. The molecule has 0 fully saturated rings. The maximum atomic E-state index is 8.99. The molecule has 1 amide bonds. The molecule has 0 aliphatic rings. The van der Waals surface area contributed by atoms with Gasteiger partial charge in [-0.3, -0.25) is 4.79 Å². The van der Waals surface area contributed by atoms with Crippen LogP contribution in [0.1, 0.15) is 0 Å². The Hall–Kier alpha value is -1.03. The molecule has 1 aromatic rings. The van der Waals surface area contributed by atoms with Gasteiger partial charge in [-0.25, -0.2) is 0 Å². The lowest BCUT2D eigenvalue weighted by Gasteiger charge is -1.56. The molecular weight excluding hydrogens is 144 g/mol. The van der Waals surface area contributed by atoms with Gasteiger partial charge in [0.2, 0.25) is 0 Å². The number of carbonyl (C=O) groups is 1. The summed E-state index contributed by atoms with van der Waals surface area (Å²) in [6.45, 7) is 0. The quantitative estimate of drug-likeness (QED) is 0.440. The number of aromatic nitrogens is 1. The van der Waals surface area contributed by atoms with Crippen LogP contribution in [0.5, 0.6) is 0 Å². The van der Waals surface area contributed by atoms with Gasteiger partial charge in [0, 0.05) is 0 Å². The number of nitrogens with two attached hydrogens (primary N) is 1. The van der Waals surface area contributed by atoms with E-state index in [0.717, 1.165) is 0 Å². The monoisotopic (exact) mass is 148 g/mol. The van der Waals surface area contributed by atoms with Gasteiger partial charge < -0.3 is 10.3 Å². The van der Waals surface area contributed by atoms with E-state index in [4.69, 9.17) is 4.79 Å². The van der Waals surface area contributed by atoms with E-state index in [9.17, 15) is 0 Å². The summed E-state index contributed by atoms with van der Waals surface area (Å²) in [5.41, 5.74) is 4.24. The molecule has 0 saturated carbocycles. The smallest absolute Gasteiger partial charge is 0.311 e. The zero-order valence-corrected chi connectivity index (χ0v) is 5.21. The lowest BCUT2D eigenvalue weighted by Crippen LogP contribution is -1.94. The van der Waals surface area contributed by atoms with Crippen LogP contribution in [-0.2, 0) is 0 Å². The number of rotatable bonds is 0. The van der Waals surface area contributed by atoms with E-state index in [1.807, 2.05) is 0 Å². The SMILES string of the molecule is NC(=O)Cl.c1cnoc1. The third-order valence-corrected chi connectivity index (χ3v) is 0.347. The third-order valence-electron chi connectivity index (χ3n) is 0.347. The number of carbonyl (C=O) groups excluding carboxylic acids is 1. The summed E-state index contributed by atoms with van der Waals surface area (Å²) >= 11 is 4.41. The van der Waals surface area contributed by atoms with Gasteiger partial charge in [-0.05, 0) is 17.7 Å². The van der Waals surface area contributed by atoms with E-state index in [-0.39, 0.29) is 0 Å². The zero-order valence-electron chi connectivity index (χ0n) is 4.45. The first-order chi connectivity index (χ1) is 4.23. The molecule has 0 saturated heterocycles. The van der Waals surface area contributed by atoms with Crippen molar-refractivity contribution in [1.29, 1.82) is 0 Å². The average molecular weight is 149 g/mol. The highest BCUT2D eigenvalue weighted by atomic mass is 35.5. The summed E-state index contributed by atoms with van der Waals surface area (Å²) in [4.78, 5) is 8.99. The average Bonchev–Trinajstić information content (AvgIpc) is 2.11. The topological polar surface area (TPSA) is 69.1 Å². The Bertz CT molecular complexity index is 130. The van der Waals surface area contributed by atoms with Crippen molar-refractivity contribution in [3.8, 4) is 0 Å². The molecule has 0 spiro atoms. The van der Waals surface area contributed by atoms with E-state index >= 15 is 0 Å². The van der Waals surface area contributed by atoms with Crippen LogP contribution in [0.2, 0.25) is 0 Å². The molecule has 1 aromatic heterocycles. The van der Waals surface area contributed by atoms with Crippen LogP contribution in [0.25, 0.3) is 0 Å². The molecule has 1 rings (SSSR count). The minimum Gasteiger partial charge on any atom is -0.365 e. The van der Waals surface area contributed by atoms with Crippen molar-refractivity contribution >= 4 is 17.0 Å². The molecule has 9 heavy (non-hydrogen) atoms. The van der Waals surface area contributed by atoms with Crippen LogP contribution in [0, 0.1) is 0 Å². The minimum atomic E-state index is -0.861. The summed E-state index contributed by atoms with van der Waals surface area (Å²) in [6, 6.07) is 1.72. The van der Waals surface area contributed by atoms with Crippen molar-refractivity contribution in [2.24, 2.45) is 5.73 Å². The zero-order chi connectivity index (χ0) is 7.11. The summed E-state index contributed by atoms with van der Waals surface area (Å²) in [7, 11) is 0. The molecule has 50 valence electrons. The number of primary amides is 1. The highest BCUT2D eigenvalue weighted by molar-refractivity contribution is 6.62. The standard InChI is InChI=1S/C3H3NO.CH2ClNO/c1-2-4-5-3-1;2-1(3)4/h1-3H;(H2,3,4). The Kier molecular flexibility index (Phi) is 4.53. The second-order valence-electron chi connectivity index (χ2n) is 0.993. The minimum absolute atomic E-state index is 0.861. The fraction of sp³-hybridized carbons (Fsp3) is 0. The normalized spacial score (nSPS) is 7.22. The number of hydrogen-bond acceptors (Lipinski definition) is 3. The molecular formula is C4H5ClN2O2. The fourth-order valence-corrected chi connectivity index (χ4v) is 0.176. The Morgan fingerprint density at radius 3 is 2.44 bits per heavy atom. The third kappa shape index (κ3) is 10.9. The summed E-state index contributed by atoms with van der Waals surface area (Å²) in [5, 5.41) is 2.49. The van der Waals surface area contributed by atoms with E-state index < -0.39 is 5.37 Å². The van der Waals surface area contributed by atoms with Crippen LogP contribution in [0.15, 0.2) is 23.0 Å². The van der Waals surface area contributed by atoms with Crippen LogP contribution >= 0.6 is 11.6 Å².